The van der Waals surface area contributed by atoms with E-state index < -0.39 is 0 Å². The lowest BCUT2D eigenvalue weighted by molar-refractivity contribution is 0.372. The Labute approximate surface area is 143 Å². The van der Waals surface area contributed by atoms with Crippen molar-refractivity contribution in [3.05, 3.63) is 30.1 Å². The highest BCUT2D eigenvalue weighted by molar-refractivity contribution is 7.98. The van der Waals surface area contributed by atoms with Crippen molar-refractivity contribution in [2.75, 3.05) is 56.2 Å². The topological polar surface area (TPSA) is 30.9 Å². The van der Waals surface area contributed by atoms with Crippen LogP contribution in [0, 0.1) is 5.82 Å². The molecule has 128 valence electrons. The summed E-state index contributed by atoms with van der Waals surface area (Å²) >= 11 is 1.86. The van der Waals surface area contributed by atoms with Gasteiger partial charge in [0, 0.05) is 45.0 Å². The van der Waals surface area contributed by atoms with Crippen LogP contribution in [0.5, 0.6) is 0 Å². The second kappa shape index (κ2) is 9.65. The number of benzene rings is 1. The van der Waals surface area contributed by atoms with Crippen molar-refractivity contribution in [3.63, 3.8) is 0 Å². The zero-order valence-corrected chi connectivity index (χ0v) is 14.9. The molecule has 0 bridgehead atoms. The summed E-state index contributed by atoms with van der Waals surface area (Å²) in [5.41, 5.74) is 1.09. The Kier molecular flexibility index (Phi) is 7.52. The molecular weight excluding hydrogens is 311 g/mol. The van der Waals surface area contributed by atoms with Gasteiger partial charge in [0.15, 0.2) is 5.96 Å². The van der Waals surface area contributed by atoms with E-state index in [1.54, 1.807) is 0 Å². The van der Waals surface area contributed by atoms with Crippen LogP contribution in [0.4, 0.5) is 10.1 Å². The lowest BCUT2D eigenvalue weighted by Crippen LogP contribution is -2.52. The maximum atomic E-state index is 13.0. The van der Waals surface area contributed by atoms with Gasteiger partial charge in [0.1, 0.15) is 5.82 Å². The largest absolute Gasteiger partial charge is 0.368 e. The molecule has 0 unspecified atom stereocenters. The van der Waals surface area contributed by atoms with Gasteiger partial charge in [0.25, 0.3) is 0 Å². The molecule has 4 nitrogen and oxygen atoms in total. The van der Waals surface area contributed by atoms with E-state index >= 15 is 0 Å². The molecule has 1 N–H and O–H groups in total. The lowest BCUT2D eigenvalue weighted by Gasteiger charge is -2.37. The standard InChI is InChI=1S/C17H27FN4S/c1-3-19-17(20-9-4-14-23-2)22-12-10-21(11-13-22)16-7-5-15(18)6-8-16/h5-8H,3-4,9-14H2,1-2H3,(H,19,20). The zero-order valence-electron chi connectivity index (χ0n) is 14.1. The molecule has 0 spiro atoms. The van der Waals surface area contributed by atoms with Gasteiger partial charge in [-0.25, -0.2) is 4.39 Å². The molecule has 1 aliphatic rings. The molecule has 1 aromatic carbocycles. The van der Waals surface area contributed by atoms with Crippen molar-refractivity contribution in [1.82, 2.24) is 10.2 Å². The average Bonchev–Trinajstić information content (AvgIpc) is 2.59. The number of aliphatic imine (C=N–C) groups is 1. The first kappa shape index (κ1) is 17.9. The van der Waals surface area contributed by atoms with Gasteiger partial charge in [0.2, 0.25) is 0 Å². The van der Waals surface area contributed by atoms with Crippen molar-refractivity contribution in [3.8, 4) is 0 Å². The molecule has 2 rings (SSSR count). The predicted octanol–water partition coefficient (Wildman–Crippen LogP) is 2.67. The van der Waals surface area contributed by atoms with E-state index in [1.165, 1.54) is 12.1 Å². The summed E-state index contributed by atoms with van der Waals surface area (Å²) in [5.74, 6) is 1.99. The highest BCUT2D eigenvalue weighted by Crippen LogP contribution is 2.17. The van der Waals surface area contributed by atoms with E-state index in [4.69, 9.17) is 4.99 Å². The van der Waals surface area contributed by atoms with E-state index in [0.717, 1.165) is 63.1 Å². The van der Waals surface area contributed by atoms with E-state index in [0.29, 0.717) is 0 Å². The second-order valence-corrected chi connectivity index (χ2v) is 6.52. The fourth-order valence-corrected chi connectivity index (χ4v) is 3.07. The minimum atomic E-state index is -0.181. The van der Waals surface area contributed by atoms with Gasteiger partial charge in [-0.05, 0) is 49.6 Å². The molecule has 0 amide bonds. The van der Waals surface area contributed by atoms with Crippen LogP contribution < -0.4 is 10.2 Å². The smallest absolute Gasteiger partial charge is 0.194 e. The molecule has 6 heteroatoms. The molecule has 0 saturated carbocycles. The minimum Gasteiger partial charge on any atom is -0.368 e. The minimum absolute atomic E-state index is 0.181. The Bertz CT molecular complexity index is 484. The summed E-state index contributed by atoms with van der Waals surface area (Å²) in [4.78, 5) is 9.35. The van der Waals surface area contributed by atoms with Crippen LogP contribution in [0.1, 0.15) is 13.3 Å². The number of guanidine groups is 1. The monoisotopic (exact) mass is 338 g/mol. The van der Waals surface area contributed by atoms with Gasteiger partial charge >= 0.3 is 0 Å². The molecule has 0 radical (unpaired) electrons. The summed E-state index contributed by atoms with van der Waals surface area (Å²) in [6.07, 6.45) is 3.25. The summed E-state index contributed by atoms with van der Waals surface area (Å²) in [5, 5.41) is 3.39. The van der Waals surface area contributed by atoms with Gasteiger partial charge in [-0.15, -0.1) is 0 Å². The van der Waals surface area contributed by atoms with Crippen LogP contribution in [0.25, 0.3) is 0 Å². The molecule has 0 atom stereocenters. The first-order valence-electron chi connectivity index (χ1n) is 8.27. The molecule has 1 heterocycles. The van der Waals surface area contributed by atoms with Crippen LogP contribution in [-0.4, -0.2) is 62.1 Å². The maximum Gasteiger partial charge on any atom is 0.194 e. The SMILES string of the molecule is CCNC(=NCCCSC)N1CCN(c2ccc(F)cc2)CC1. The second-order valence-electron chi connectivity index (χ2n) is 5.53. The highest BCUT2D eigenvalue weighted by Gasteiger charge is 2.19. The number of nitrogens with one attached hydrogen (secondary N) is 1. The summed E-state index contributed by atoms with van der Waals surface area (Å²) in [6.45, 7) is 7.60. The molecule has 1 aliphatic heterocycles. The zero-order chi connectivity index (χ0) is 16.5. The van der Waals surface area contributed by atoms with Gasteiger partial charge in [-0.1, -0.05) is 0 Å². The van der Waals surface area contributed by atoms with Gasteiger partial charge in [0.05, 0.1) is 0 Å². The van der Waals surface area contributed by atoms with Crippen molar-refractivity contribution < 1.29 is 4.39 Å². The van der Waals surface area contributed by atoms with Crippen molar-refractivity contribution >= 4 is 23.4 Å². The number of halogens is 1. The fraction of sp³-hybridized carbons (Fsp3) is 0.588. The summed E-state index contributed by atoms with van der Waals surface area (Å²) < 4.78 is 13.0. The molecule has 0 aliphatic carbocycles. The molecule has 23 heavy (non-hydrogen) atoms. The molecule has 1 fully saturated rings. The van der Waals surface area contributed by atoms with E-state index in [2.05, 4.69) is 28.3 Å². The molecular formula is C17H27FN4S. The van der Waals surface area contributed by atoms with Crippen LogP contribution >= 0.6 is 11.8 Å². The van der Waals surface area contributed by atoms with E-state index in [9.17, 15) is 4.39 Å². The Hall–Kier alpha value is -1.43. The third-order valence-electron chi connectivity index (χ3n) is 3.87. The highest BCUT2D eigenvalue weighted by atomic mass is 32.2. The number of rotatable bonds is 6. The number of piperazine rings is 1. The van der Waals surface area contributed by atoms with Crippen molar-refractivity contribution in [2.45, 2.75) is 13.3 Å². The first-order valence-corrected chi connectivity index (χ1v) is 9.66. The van der Waals surface area contributed by atoms with Crippen LogP contribution in [0.3, 0.4) is 0 Å². The molecule has 0 aromatic heterocycles. The van der Waals surface area contributed by atoms with Crippen LogP contribution in [-0.2, 0) is 0 Å². The Morgan fingerprint density at radius 2 is 1.91 bits per heavy atom. The first-order chi connectivity index (χ1) is 11.2. The van der Waals surface area contributed by atoms with Crippen molar-refractivity contribution in [1.29, 1.82) is 0 Å². The van der Waals surface area contributed by atoms with Crippen LogP contribution in [0.2, 0.25) is 0 Å². The third-order valence-corrected chi connectivity index (χ3v) is 4.57. The number of hydrogen-bond donors (Lipinski definition) is 1. The van der Waals surface area contributed by atoms with E-state index in [1.807, 2.05) is 23.9 Å². The van der Waals surface area contributed by atoms with E-state index in [-0.39, 0.29) is 5.82 Å². The lowest BCUT2D eigenvalue weighted by atomic mass is 10.2. The quantitative estimate of drug-likeness (QED) is 0.491. The normalized spacial score (nSPS) is 15.9. The number of hydrogen-bond acceptors (Lipinski definition) is 3. The van der Waals surface area contributed by atoms with Gasteiger partial charge in [-0.3, -0.25) is 4.99 Å². The summed E-state index contributed by atoms with van der Waals surface area (Å²) in [6, 6.07) is 6.76. The number of anilines is 1. The Balaban J connectivity index is 1.88. The van der Waals surface area contributed by atoms with Crippen LogP contribution in [0.15, 0.2) is 29.3 Å². The Morgan fingerprint density at radius 1 is 1.22 bits per heavy atom. The van der Waals surface area contributed by atoms with Gasteiger partial charge in [-0.2, -0.15) is 11.8 Å². The molecule has 1 saturated heterocycles. The Morgan fingerprint density at radius 3 is 2.52 bits per heavy atom. The number of thioether (sulfide) groups is 1. The average molecular weight is 338 g/mol. The maximum absolute atomic E-state index is 13.0. The predicted molar refractivity (Wildman–Crippen MR) is 99.2 cm³/mol. The van der Waals surface area contributed by atoms with Crippen molar-refractivity contribution in [2.24, 2.45) is 4.99 Å². The molecule has 1 aromatic rings. The third kappa shape index (κ3) is 5.61. The number of nitrogens with zero attached hydrogens (tertiary/aromatic N) is 3. The summed E-state index contributed by atoms with van der Waals surface area (Å²) in [7, 11) is 0. The fourth-order valence-electron chi connectivity index (χ4n) is 2.65. The van der Waals surface area contributed by atoms with Gasteiger partial charge < -0.3 is 15.1 Å².